The van der Waals surface area contributed by atoms with Crippen molar-refractivity contribution in [2.24, 2.45) is 0 Å². The standard InChI is InChI=1S/C15H24F2N2/c1-4-8-18-14(7-9-19(2)3)10-12-5-6-13(16)11-15(12)17/h5-6,11,14,18H,4,7-10H2,1-3H3. The molecule has 1 aromatic rings. The molecular formula is C15H24F2N2. The van der Waals surface area contributed by atoms with Gasteiger partial charge in [0.25, 0.3) is 0 Å². The maximum absolute atomic E-state index is 13.7. The van der Waals surface area contributed by atoms with Crippen LogP contribution in [0.5, 0.6) is 0 Å². The molecule has 2 nitrogen and oxygen atoms in total. The maximum Gasteiger partial charge on any atom is 0.129 e. The molecule has 0 aliphatic heterocycles. The lowest BCUT2D eigenvalue weighted by Gasteiger charge is -2.21. The zero-order valence-corrected chi connectivity index (χ0v) is 12.0. The Morgan fingerprint density at radius 2 is 2.00 bits per heavy atom. The second kappa shape index (κ2) is 8.23. The Morgan fingerprint density at radius 3 is 2.58 bits per heavy atom. The van der Waals surface area contributed by atoms with E-state index in [0.717, 1.165) is 32.0 Å². The number of halogens is 2. The van der Waals surface area contributed by atoms with E-state index in [4.69, 9.17) is 0 Å². The van der Waals surface area contributed by atoms with E-state index in [2.05, 4.69) is 17.1 Å². The third kappa shape index (κ3) is 6.12. The molecule has 0 bridgehead atoms. The largest absolute Gasteiger partial charge is 0.314 e. The number of hydrogen-bond donors (Lipinski definition) is 1. The van der Waals surface area contributed by atoms with Crippen LogP contribution in [0.25, 0.3) is 0 Å². The first-order valence-corrected chi connectivity index (χ1v) is 6.85. The summed E-state index contributed by atoms with van der Waals surface area (Å²) in [7, 11) is 4.05. The maximum atomic E-state index is 13.7. The number of nitrogens with one attached hydrogen (secondary N) is 1. The molecule has 0 fully saturated rings. The third-order valence-electron chi connectivity index (χ3n) is 3.09. The van der Waals surface area contributed by atoms with Gasteiger partial charge in [0.1, 0.15) is 11.6 Å². The Labute approximate surface area is 114 Å². The lowest BCUT2D eigenvalue weighted by Crippen LogP contribution is -2.35. The summed E-state index contributed by atoms with van der Waals surface area (Å²) in [5.41, 5.74) is 0.578. The van der Waals surface area contributed by atoms with Crippen LogP contribution in [0.3, 0.4) is 0 Å². The zero-order valence-electron chi connectivity index (χ0n) is 12.0. The van der Waals surface area contributed by atoms with E-state index in [1.54, 1.807) is 6.07 Å². The van der Waals surface area contributed by atoms with Crippen LogP contribution in [-0.4, -0.2) is 38.1 Å². The Hall–Kier alpha value is -1.00. The highest BCUT2D eigenvalue weighted by molar-refractivity contribution is 5.19. The molecule has 1 atom stereocenters. The molecule has 19 heavy (non-hydrogen) atoms. The molecule has 0 saturated heterocycles. The summed E-state index contributed by atoms with van der Waals surface area (Å²) in [4.78, 5) is 2.11. The monoisotopic (exact) mass is 270 g/mol. The fourth-order valence-electron chi connectivity index (χ4n) is 1.99. The van der Waals surface area contributed by atoms with E-state index in [9.17, 15) is 8.78 Å². The molecule has 0 amide bonds. The van der Waals surface area contributed by atoms with E-state index in [0.29, 0.717) is 12.0 Å². The van der Waals surface area contributed by atoms with E-state index < -0.39 is 11.6 Å². The molecule has 1 N–H and O–H groups in total. The van der Waals surface area contributed by atoms with Crippen molar-refractivity contribution in [3.63, 3.8) is 0 Å². The SMILES string of the molecule is CCCNC(CCN(C)C)Cc1ccc(F)cc1F. The predicted octanol–water partition coefficient (Wildman–Crippen LogP) is 2.83. The molecule has 4 heteroatoms. The zero-order chi connectivity index (χ0) is 14.3. The third-order valence-corrected chi connectivity index (χ3v) is 3.09. The predicted molar refractivity (Wildman–Crippen MR) is 75.3 cm³/mol. The van der Waals surface area contributed by atoms with E-state index >= 15 is 0 Å². The summed E-state index contributed by atoms with van der Waals surface area (Å²) in [6.07, 6.45) is 2.59. The van der Waals surface area contributed by atoms with Gasteiger partial charge in [0.05, 0.1) is 0 Å². The molecule has 108 valence electrons. The first-order chi connectivity index (χ1) is 9.02. The van der Waals surface area contributed by atoms with Crippen molar-refractivity contribution in [1.82, 2.24) is 10.2 Å². The smallest absolute Gasteiger partial charge is 0.129 e. The van der Waals surface area contributed by atoms with Gasteiger partial charge in [-0.3, -0.25) is 0 Å². The van der Waals surface area contributed by atoms with Crippen LogP contribution in [0, 0.1) is 11.6 Å². The summed E-state index contributed by atoms with van der Waals surface area (Å²) < 4.78 is 26.5. The molecule has 0 aliphatic carbocycles. The van der Waals surface area contributed by atoms with Gasteiger partial charge < -0.3 is 10.2 Å². The Morgan fingerprint density at radius 1 is 1.26 bits per heavy atom. The minimum atomic E-state index is -0.521. The summed E-state index contributed by atoms with van der Waals surface area (Å²) in [5.74, 6) is -0.972. The molecule has 0 radical (unpaired) electrons. The van der Waals surface area contributed by atoms with Crippen molar-refractivity contribution in [2.45, 2.75) is 32.2 Å². The van der Waals surface area contributed by atoms with Gasteiger partial charge in [0, 0.05) is 12.1 Å². The minimum absolute atomic E-state index is 0.224. The first kappa shape index (κ1) is 16.1. The number of rotatable bonds is 8. The summed E-state index contributed by atoms with van der Waals surface area (Å²) in [6.45, 7) is 3.97. The Bertz CT molecular complexity index is 380. The first-order valence-electron chi connectivity index (χ1n) is 6.85. The van der Waals surface area contributed by atoms with Crippen LogP contribution in [-0.2, 0) is 6.42 Å². The van der Waals surface area contributed by atoms with Crippen molar-refractivity contribution in [1.29, 1.82) is 0 Å². The van der Waals surface area contributed by atoms with Crippen LogP contribution in [0.4, 0.5) is 8.78 Å². The van der Waals surface area contributed by atoms with Gasteiger partial charge in [-0.1, -0.05) is 13.0 Å². The average molecular weight is 270 g/mol. The topological polar surface area (TPSA) is 15.3 Å². The Kier molecular flexibility index (Phi) is 6.95. The van der Waals surface area contributed by atoms with Gasteiger partial charge >= 0.3 is 0 Å². The molecule has 0 saturated carbocycles. The lowest BCUT2D eigenvalue weighted by atomic mass is 10.0. The lowest BCUT2D eigenvalue weighted by molar-refractivity contribution is 0.354. The number of nitrogens with zero attached hydrogens (tertiary/aromatic N) is 1. The molecule has 0 aromatic heterocycles. The van der Waals surface area contributed by atoms with Gasteiger partial charge in [0.15, 0.2) is 0 Å². The molecule has 0 heterocycles. The second-order valence-corrected chi connectivity index (χ2v) is 5.18. The van der Waals surface area contributed by atoms with E-state index in [-0.39, 0.29) is 6.04 Å². The highest BCUT2D eigenvalue weighted by Gasteiger charge is 2.12. The van der Waals surface area contributed by atoms with Gasteiger partial charge in [0.2, 0.25) is 0 Å². The normalized spacial score (nSPS) is 12.9. The molecule has 1 aromatic carbocycles. The van der Waals surface area contributed by atoms with Crippen LogP contribution < -0.4 is 5.32 Å². The van der Waals surface area contributed by atoms with E-state index in [1.165, 1.54) is 6.07 Å². The van der Waals surface area contributed by atoms with Gasteiger partial charge in [-0.05, 0) is 58.1 Å². The fraction of sp³-hybridized carbons (Fsp3) is 0.600. The van der Waals surface area contributed by atoms with Crippen LogP contribution in [0.15, 0.2) is 18.2 Å². The van der Waals surface area contributed by atoms with Crippen molar-refractivity contribution >= 4 is 0 Å². The van der Waals surface area contributed by atoms with Crippen molar-refractivity contribution in [3.8, 4) is 0 Å². The average Bonchev–Trinajstić information content (AvgIpc) is 2.35. The minimum Gasteiger partial charge on any atom is -0.314 e. The summed E-state index contributed by atoms with van der Waals surface area (Å²) >= 11 is 0. The summed E-state index contributed by atoms with van der Waals surface area (Å²) in [5, 5.41) is 3.43. The molecule has 1 rings (SSSR count). The van der Waals surface area contributed by atoms with Crippen molar-refractivity contribution in [3.05, 3.63) is 35.4 Å². The molecule has 1 unspecified atom stereocenters. The summed E-state index contributed by atoms with van der Waals surface area (Å²) in [6, 6.07) is 4.04. The van der Waals surface area contributed by atoms with Crippen LogP contribution >= 0.6 is 0 Å². The highest BCUT2D eigenvalue weighted by Crippen LogP contribution is 2.13. The highest BCUT2D eigenvalue weighted by atomic mass is 19.1. The molecule has 0 spiro atoms. The molecule has 0 aliphatic rings. The second-order valence-electron chi connectivity index (χ2n) is 5.18. The number of benzene rings is 1. The van der Waals surface area contributed by atoms with Crippen LogP contribution in [0.2, 0.25) is 0 Å². The van der Waals surface area contributed by atoms with Crippen molar-refractivity contribution in [2.75, 3.05) is 27.2 Å². The Balaban J connectivity index is 2.63. The van der Waals surface area contributed by atoms with Gasteiger partial charge in [-0.15, -0.1) is 0 Å². The van der Waals surface area contributed by atoms with Gasteiger partial charge in [-0.25, -0.2) is 8.78 Å². The molecular weight excluding hydrogens is 246 g/mol. The van der Waals surface area contributed by atoms with Crippen molar-refractivity contribution < 1.29 is 8.78 Å². The van der Waals surface area contributed by atoms with E-state index in [1.807, 2.05) is 14.1 Å². The van der Waals surface area contributed by atoms with Gasteiger partial charge in [-0.2, -0.15) is 0 Å². The number of hydrogen-bond acceptors (Lipinski definition) is 2. The fourth-order valence-corrected chi connectivity index (χ4v) is 1.99. The van der Waals surface area contributed by atoms with Crippen LogP contribution in [0.1, 0.15) is 25.3 Å². The quantitative estimate of drug-likeness (QED) is 0.781.